The van der Waals surface area contributed by atoms with Crippen LogP contribution in [0.4, 0.5) is 5.69 Å². The van der Waals surface area contributed by atoms with Gasteiger partial charge in [0.15, 0.2) is 0 Å². The first-order valence-electron chi connectivity index (χ1n) is 4.67. The third kappa shape index (κ3) is 2.21. The molecule has 1 aliphatic rings. The molecule has 0 spiro atoms. The molecule has 1 aliphatic heterocycles. The minimum atomic E-state index is 0.456. The normalized spacial score (nSPS) is 23.0. The highest BCUT2D eigenvalue weighted by molar-refractivity contribution is 5.39. The SMILES string of the molecule is Cn1cc(NC2CCCOC2)cn1. The van der Waals surface area contributed by atoms with Crippen molar-refractivity contribution in [3.05, 3.63) is 12.4 Å². The predicted molar refractivity (Wildman–Crippen MR) is 50.7 cm³/mol. The molecule has 1 unspecified atom stereocenters. The van der Waals surface area contributed by atoms with Gasteiger partial charge in [-0.3, -0.25) is 4.68 Å². The van der Waals surface area contributed by atoms with Crippen molar-refractivity contribution in [2.75, 3.05) is 18.5 Å². The summed E-state index contributed by atoms with van der Waals surface area (Å²) in [5, 5.41) is 7.49. The number of hydrogen-bond donors (Lipinski definition) is 1. The number of anilines is 1. The topological polar surface area (TPSA) is 39.1 Å². The van der Waals surface area contributed by atoms with Crippen molar-refractivity contribution >= 4 is 5.69 Å². The second kappa shape index (κ2) is 3.79. The summed E-state index contributed by atoms with van der Waals surface area (Å²) in [5.74, 6) is 0. The summed E-state index contributed by atoms with van der Waals surface area (Å²) in [6.45, 7) is 1.72. The number of aryl methyl sites for hydroxylation is 1. The van der Waals surface area contributed by atoms with Gasteiger partial charge in [-0.25, -0.2) is 0 Å². The van der Waals surface area contributed by atoms with E-state index in [-0.39, 0.29) is 0 Å². The van der Waals surface area contributed by atoms with Gasteiger partial charge in [0, 0.05) is 25.9 Å². The van der Waals surface area contributed by atoms with Crippen LogP contribution in [0.3, 0.4) is 0 Å². The van der Waals surface area contributed by atoms with E-state index in [2.05, 4.69) is 10.4 Å². The lowest BCUT2D eigenvalue weighted by molar-refractivity contribution is 0.0876. The Kier molecular flexibility index (Phi) is 2.49. The van der Waals surface area contributed by atoms with Gasteiger partial charge >= 0.3 is 0 Å². The molecule has 1 N–H and O–H groups in total. The molecular formula is C9H15N3O. The number of hydrogen-bond acceptors (Lipinski definition) is 3. The minimum absolute atomic E-state index is 0.456. The highest BCUT2D eigenvalue weighted by atomic mass is 16.5. The van der Waals surface area contributed by atoms with Crippen LogP contribution < -0.4 is 5.32 Å². The monoisotopic (exact) mass is 181 g/mol. The quantitative estimate of drug-likeness (QED) is 0.740. The summed E-state index contributed by atoms with van der Waals surface area (Å²) < 4.78 is 7.17. The summed E-state index contributed by atoms with van der Waals surface area (Å²) in [6, 6.07) is 0.456. The molecule has 0 aliphatic carbocycles. The van der Waals surface area contributed by atoms with E-state index in [0.29, 0.717) is 6.04 Å². The molecule has 0 aromatic carbocycles. The number of ether oxygens (including phenoxy) is 1. The van der Waals surface area contributed by atoms with Crippen LogP contribution in [0.1, 0.15) is 12.8 Å². The minimum Gasteiger partial charge on any atom is -0.379 e. The van der Waals surface area contributed by atoms with Gasteiger partial charge in [0.1, 0.15) is 0 Å². The highest BCUT2D eigenvalue weighted by Gasteiger charge is 2.13. The summed E-state index contributed by atoms with van der Waals surface area (Å²) in [7, 11) is 1.92. The zero-order valence-corrected chi connectivity index (χ0v) is 7.86. The van der Waals surface area contributed by atoms with Gasteiger partial charge in [0.25, 0.3) is 0 Å². The summed E-state index contributed by atoms with van der Waals surface area (Å²) in [4.78, 5) is 0. The Morgan fingerprint density at radius 3 is 3.23 bits per heavy atom. The van der Waals surface area contributed by atoms with Gasteiger partial charge in [0.05, 0.1) is 18.5 Å². The van der Waals surface area contributed by atoms with Gasteiger partial charge in [-0.2, -0.15) is 5.10 Å². The van der Waals surface area contributed by atoms with Crippen LogP contribution in [0, 0.1) is 0 Å². The Bertz CT molecular complexity index is 266. The average Bonchev–Trinajstić information content (AvgIpc) is 2.53. The molecule has 0 radical (unpaired) electrons. The second-order valence-corrected chi connectivity index (χ2v) is 3.46. The van der Waals surface area contributed by atoms with Gasteiger partial charge in [0.2, 0.25) is 0 Å². The van der Waals surface area contributed by atoms with Gasteiger partial charge in [-0.15, -0.1) is 0 Å². The molecule has 1 aromatic heterocycles. The van der Waals surface area contributed by atoms with E-state index in [9.17, 15) is 0 Å². The average molecular weight is 181 g/mol. The molecule has 1 saturated heterocycles. The third-order valence-electron chi connectivity index (χ3n) is 2.24. The molecular weight excluding hydrogens is 166 g/mol. The zero-order valence-electron chi connectivity index (χ0n) is 7.86. The zero-order chi connectivity index (χ0) is 9.10. The Hall–Kier alpha value is -1.03. The molecule has 4 nitrogen and oxygen atoms in total. The molecule has 1 atom stereocenters. The van der Waals surface area contributed by atoms with Crippen molar-refractivity contribution in [3.8, 4) is 0 Å². The molecule has 13 heavy (non-hydrogen) atoms. The summed E-state index contributed by atoms with van der Waals surface area (Å²) in [6.07, 6.45) is 6.16. The van der Waals surface area contributed by atoms with E-state index in [4.69, 9.17) is 4.74 Å². The largest absolute Gasteiger partial charge is 0.379 e. The van der Waals surface area contributed by atoms with Crippen molar-refractivity contribution in [2.45, 2.75) is 18.9 Å². The molecule has 72 valence electrons. The fourth-order valence-electron chi connectivity index (χ4n) is 1.59. The van der Waals surface area contributed by atoms with Crippen LogP contribution in [-0.2, 0) is 11.8 Å². The smallest absolute Gasteiger partial charge is 0.0729 e. The molecule has 4 heteroatoms. The number of nitrogens with zero attached hydrogens (tertiary/aromatic N) is 2. The lowest BCUT2D eigenvalue weighted by Crippen LogP contribution is -2.29. The maximum absolute atomic E-state index is 5.37. The van der Waals surface area contributed by atoms with E-state index >= 15 is 0 Å². The summed E-state index contributed by atoms with van der Waals surface area (Å²) in [5.41, 5.74) is 1.08. The van der Waals surface area contributed by atoms with E-state index in [0.717, 1.165) is 25.3 Å². The first-order chi connectivity index (χ1) is 6.34. The standard InChI is InChI=1S/C9H15N3O/c1-12-6-9(5-10-12)11-8-3-2-4-13-7-8/h5-6,8,11H,2-4,7H2,1H3. The molecule has 2 heterocycles. The van der Waals surface area contributed by atoms with Crippen molar-refractivity contribution in [1.29, 1.82) is 0 Å². The molecule has 0 saturated carbocycles. The highest BCUT2D eigenvalue weighted by Crippen LogP contribution is 2.12. The third-order valence-corrected chi connectivity index (χ3v) is 2.24. The first kappa shape index (κ1) is 8.56. The fourth-order valence-corrected chi connectivity index (χ4v) is 1.59. The Morgan fingerprint density at radius 2 is 2.62 bits per heavy atom. The van der Waals surface area contributed by atoms with Crippen molar-refractivity contribution in [1.82, 2.24) is 9.78 Å². The second-order valence-electron chi connectivity index (χ2n) is 3.46. The van der Waals surface area contributed by atoms with E-state index in [1.165, 1.54) is 6.42 Å². The van der Waals surface area contributed by atoms with Crippen LogP contribution in [0.25, 0.3) is 0 Å². The van der Waals surface area contributed by atoms with E-state index in [1.807, 2.05) is 19.4 Å². The molecule has 0 amide bonds. The van der Waals surface area contributed by atoms with Crippen LogP contribution >= 0.6 is 0 Å². The Labute approximate surface area is 77.9 Å². The Balaban J connectivity index is 1.89. The van der Waals surface area contributed by atoms with Crippen molar-refractivity contribution in [2.24, 2.45) is 7.05 Å². The van der Waals surface area contributed by atoms with Crippen molar-refractivity contribution in [3.63, 3.8) is 0 Å². The van der Waals surface area contributed by atoms with E-state index < -0.39 is 0 Å². The predicted octanol–water partition coefficient (Wildman–Crippen LogP) is 1.01. The van der Waals surface area contributed by atoms with Crippen LogP contribution in [0.2, 0.25) is 0 Å². The van der Waals surface area contributed by atoms with Crippen molar-refractivity contribution < 1.29 is 4.74 Å². The molecule has 1 fully saturated rings. The van der Waals surface area contributed by atoms with Gasteiger partial charge in [-0.1, -0.05) is 0 Å². The summed E-state index contributed by atoms with van der Waals surface area (Å²) >= 11 is 0. The molecule has 1 aromatic rings. The van der Waals surface area contributed by atoms with Crippen LogP contribution in [0.15, 0.2) is 12.4 Å². The molecule has 0 bridgehead atoms. The fraction of sp³-hybridized carbons (Fsp3) is 0.667. The number of nitrogens with one attached hydrogen (secondary N) is 1. The lowest BCUT2D eigenvalue weighted by Gasteiger charge is -2.23. The Morgan fingerprint density at radius 1 is 1.69 bits per heavy atom. The van der Waals surface area contributed by atoms with E-state index in [1.54, 1.807) is 4.68 Å². The molecule has 2 rings (SSSR count). The maximum Gasteiger partial charge on any atom is 0.0729 e. The van der Waals surface area contributed by atoms with Gasteiger partial charge in [-0.05, 0) is 12.8 Å². The van der Waals surface area contributed by atoms with Gasteiger partial charge < -0.3 is 10.1 Å². The van der Waals surface area contributed by atoms with Crippen LogP contribution in [-0.4, -0.2) is 29.0 Å². The number of rotatable bonds is 2. The lowest BCUT2D eigenvalue weighted by atomic mass is 10.1. The van der Waals surface area contributed by atoms with Crippen LogP contribution in [0.5, 0.6) is 0 Å². The number of aromatic nitrogens is 2. The maximum atomic E-state index is 5.37. The first-order valence-corrected chi connectivity index (χ1v) is 4.67.